The molecule has 0 aliphatic carbocycles. The Kier molecular flexibility index (Phi) is 4.36. The summed E-state index contributed by atoms with van der Waals surface area (Å²) in [5.74, 6) is -0.00184. The van der Waals surface area contributed by atoms with E-state index in [0.29, 0.717) is 31.7 Å². The van der Waals surface area contributed by atoms with Gasteiger partial charge in [0.2, 0.25) is 10.0 Å². The van der Waals surface area contributed by atoms with Crippen LogP contribution in [0.25, 0.3) is 0 Å². The van der Waals surface area contributed by atoms with Crippen molar-refractivity contribution >= 4 is 37.5 Å². The van der Waals surface area contributed by atoms with Crippen LogP contribution in [0.1, 0.15) is 5.56 Å². The monoisotopic (exact) mass is 360 g/mol. The molecule has 1 aromatic rings. The van der Waals surface area contributed by atoms with E-state index in [2.05, 4.69) is 20.8 Å². The summed E-state index contributed by atoms with van der Waals surface area (Å²) < 4.78 is 25.2. The van der Waals surface area contributed by atoms with E-state index < -0.39 is 10.0 Å². The highest BCUT2D eigenvalue weighted by Gasteiger charge is 2.25. The van der Waals surface area contributed by atoms with Crippen LogP contribution in [-0.2, 0) is 10.0 Å². The van der Waals surface area contributed by atoms with Gasteiger partial charge in [0.25, 0.3) is 0 Å². The Morgan fingerprint density at radius 1 is 1.30 bits per heavy atom. The molecule has 0 radical (unpaired) electrons. The highest BCUT2D eigenvalue weighted by atomic mass is 79.9. The molecule has 3 N–H and O–H groups in total. The average Bonchev–Trinajstić information content (AvgIpc) is 2.37. The molecule has 0 unspecified atom stereocenters. The number of halogens is 1. The van der Waals surface area contributed by atoms with Crippen molar-refractivity contribution in [3.63, 3.8) is 0 Å². The molecule has 2 rings (SSSR count). The summed E-state index contributed by atoms with van der Waals surface area (Å²) in [4.78, 5) is 2.06. The first-order valence-corrected chi connectivity index (χ1v) is 8.78. The summed E-state index contributed by atoms with van der Waals surface area (Å²) in [6.45, 7) is 2.07. The first-order chi connectivity index (χ1) is 9.30. The van der Waals surface area contributed by atoms with E-state index in [0.717, 1.165) is 10.2 Å². The molecule has 0 amide bonds. The molecule has 1 aliphatic rings. The van der Waals surface area contributed by atoms with E-state index in [1.54, 1.807) is 0 Å². The number of anilines is 1. The number of nitrogens with two attached hydrogens (primary N) is 1. The standard InChI is InChI=1S/C12H17BrN4O2S/c1-20(18,19)17-7-5-16(6-8-17)10-4-2-3-9(13)11(10)12(14)15/h2-4H,5-8H2,1H3,(H3,14,15). The van der Waals surface area contributed by atoms with Gasteiger partial charge >= 0.3 is 0 Å². The van der Waals surface area contributed by atoms with E-state index in [-0.39, 0.29) is 5.84 Å². The number of benzene rings is 1. The largest absolute Gasteiger partial charge is 0.384 e. The van der Waals surface area contributed by atoms with Crippen molar-refractivity contribution < 1.29 is 8.42 Å². The number of nitrogens with zero attached hydrogens (tertiary/aromatic N) is 2. The number of nitrogen functional groups attached to an aromatic ring is 1. The minimum atomic E-state index is -3.14. The number of rotatable bonds is 3. The molecular formula is C12H17BrN4O2S. The molecule has 0 saturated carbocycles. The first kappa shape index (κ1) is 15.3. The van der Waals surface area contributed by atoms with Gasteiger partial charge in [-0.15, -0.1) is 0 Å². The van der Waals surface area contributed by atoms with Crippen molar-refractivity contribution in [3.05, 3.63) is 28.2 Å². The molecule has 0 bridgehead atoms. The van der Waals surface area contributed by atoms with Crippen molar-refractivity contribution in [2.75, 3.05) is 37.3 Å². The Balaban J connectivity index is 2.24. The van der Waals surface area contributed by atoms with E-state index >= 15 is 0 Å². The van der Waals surface area contributed by atoms with Crippen LogP contribution in [0.4, 0.5) is 5.69 Å². The summed E-state index contributed by atoms with van der Waals surface area (Å²) in [6, 6.07) is 5.62. The van der Waals surface area contributed by atoms with Crippen LogP contribution in [-0.4, -0.2) is 51.0 Å². The molecular weight excluding hydrogens is 344 g/mol. The number of nitrogens with one attached hydrogen (secondary N) is 1. The van der Waals surface area contributed by atoms with Crippen LogP contribution >= 0.6 is 15.9 Å². The lowest BCUT2D eigenvalue weighted by Crippen LogP contribution is -2.48. The molecule has 8 heteroatoms. The third-order valence-electron chi connectivity index (χ3n) is 3.31. The average molecular weight is 361 g/mol. The molecule has 20 heavy (non-hydrogen) atoms. The maximum atomic E-state index is 11.5. The predicted octanol–water partition coefficient (Wildman–Crippen LogP) is 0.815. The summed E-state index contributed by atoms with van der Waals surface area (Å²) >= 11 is 3.40. The Morgan fingerprint density at radius 3 is 2.40 bits per heavy atom. The highest BCUT2D eigenvalue weighted by molar-refractivity contribution is 9.10. The fourth-order valence-electron chi connectivity index (χ4n) is 2.30. The van der Waals surface area contributed by atoms with Crippen LogP contribution in [0.2, 0.25) is 0 Å². The lowest BCUT2D eigenvalue weighted by Gasteiger charge is -2.35. The Hall–Kier alpha value is -1.12. The number of sulfonamides is 1. The maximum absolute atomic E-state index is 11.5. The summed E-state index contributed by atoms with van der Waals surface area (Å²) in [7, 11) is -3.14. The van der Waals surface area contributed by atoms with Gasteiger partial charge in [-0.25, -0.2) is 8.42 Å². The first-order valence-electron chi connectivity index (χ1n) is 6.13. The van der Waals surface area contributed by atoms with Gasteiger partial charge in [0.05, 0.1) is 11.8 Å². The Bertz CT molecular complexity index is 624. The zero-order valence-corrected chi connectivity index (χ0v) is 13.5. The van der Waals surface area contributed by atoms with Crippen LogP contribution in [0, 0.1) is 5.41 Å². The fourth-order valence-corrected chi connectivity index (χ4v) is 3.70. The number of hydrogen-bond acceptors (Lipinski definition) is 4. The van der Waals surface area contributed by atoms with E-state index in [4.69, 9.17) is 11.1 Å². The lowest BCUT2D eigenvalue weighted by molar-refractivity contribution is 0.388. The molecule has 1 aliphatic heterocycles. The third kappa shape index (κ3) is 3.13. The maximum Gasteiger partial charge on any atom is 0.211 e. The minimum absolute atomic E-state index is 0.00184. The second-order valence-electron chi connectivity index (χ2n) is 4.70. The number of piperazine rings is 1. The van der Waals surface area contributed by atoms with Gasteiger partial charge in [-0.1, -0.05) is 6.07 Å². The summed E-state index contributed by atoms with van der Waals surface area (Å²) in [5.41, 5.74) is 7.15. The smallest absolute Gasteiger partial charge is 0.211 e. The fraction of sp³-hybridized carbons (Fsp3) is 0.417. The number of hydrogen-bond donors (Lipinski definition) is 2. The number of amidine groups is 1. The van der Waals surface area contributed by atoms with Gasteiger partial charge in [0, 0.05) is 36.3 Å². The second kappa shape index (κ2) is 5.71. The molecule has 1 aromatic carbocycles. The molecule has 0 atom stereocenters. The topological polar surface area (TPSA) is 90.5 Å². The Labute approximate surface area is 127 Å². The molecule has 1 saturated heterocycles. The second-order valence-corrected chi connectivity index (χ2v) is 7.53. The quantitative estimate of drug-likeness (QED) is 0.616. The molecule has 0 aromatic heterocycles. The Morgan fingerprint density at radius 2 is 1.90 bits per heavy atom. The van der Waals surface area contributed by atoms with Gasteiger partial charge < -0.3 is 10.6 Å². The molecule has 110 valence electrons. The van der Waals surface area contributed by atoms with Gasteiger partial charge in [0.1, 0.15) is 5.84 Å². The lowest BCUT2D eigenvalue weighted by atomic mass is 10.1. The zero-order valence-electron chi connectivity index (χ0n) is 11.1. The van der Waals surface area contributed by atoms with Gasteiger partial charge in [-0.05, 0) is 28.1 Å². The van der Waals surface area contributed by atoms with Crippen LogP contribution in [0.15, 0.2) is 22.7 Å². The zero-order chi connectivity index (χ0) is 14.9. The molecule has 0 spiro atoms. The van der Waals surface area contributed by atoms with E-state index in [9.17, 15) is 8.42 Å². The van der Waals surface area contributed by atoms with Crippen molar-refractivity contribution in [1.82, 2.24) is 4.31 Å². The highest BCUT2D eigenvalue weighted by Crippen LogP contribution is 2.28. The predicted molar refractivity (Wildman–Crippen MR) is 83.8 cm³/mol. The normalized spacial score (nSPS) is 17.2. The molecule has 1 heterocycles. The van der Waals surface area contributed by atoms with Gasteiger partial charge in [-0.3, -0.25) is 5.41 Å². The van der Waals surface area contributed by atoms with Gasteiger partial charge in [-0.2, -0.15) is 4.31 Å². The van der Waals surface area contributed by atoms with Crippen molar-refractivity contribution in [3.8, 4) is 0 Å². The van der Waals surface area contributed by atoms with Crippen molar-refractivity contribution in [1.29, 1.82) is 5.41 Å². The van der Waals surface area contributed by atoms with Crippen LogP contribution in [0.3, 0.4) is 0 Å². The summed E-state index contributed by atoms with van der Waals surface area (Å²) in [6.07, 6.45) is 1.22. The molecule has 1 fully saturated rings. The van der Waals surface area contributed by atoms with Gasteiger partial charge in [0.15, 0.2) is 0 Å². The minimum Gasteiger partial charge on any atom is -0.384 e. The van der Waals surface area contributed by atoms with Crippen LogP contribution in [0.5, 0.6) is 0 Å². The van der Waals surface area contributed by atoms with Crippen LogP contribution < -0.4 is 10.6 Å². The molecule has 6 nitrogen and oxygen atoms in total. The van der Waals surface area contributed by atoms with Crippen molar-refractivity contribution in [2.45, 2.75) is 0 Å². The van der Waals surface area contributed by atoms with Crippen molar-refractivity contribution in [2.24, 2.45) is 5.73 Å². The van der Waals surface area contributed by atoms with E-state index in [1.165, 1.54) is 10.6 Å². The third-order valence-corrected chi connectivity index (χ3v) is 5.27. The van der Waals surface area contributed by atoms with E-state index in [1.807, 2.05) is 18.2 Å². The summed E-state index contributed by atoms with van der Waals surface area (Å²) in [5, 5.41) is 7.69. The SMILES string of the molecule is CS(=O)(=O)N1CCN(c2cccc(Br)c2C(=N)N)CC1.